The Morgan fingerprint density at radius 2 is 1.76 bits per heavy atom. The number of anilines is 2. The van der Waals surface area contributed by atoms with E-state index in [0.717, 1.165) is 63.1 Å². The third kappa shape index (κ3) is 4.90. The molecule has 0 unspecified atom stereocenters. The summed E-state index contributed by atoms with van der Waals surface area (Å²) in [7, 11) is -3.68. The zero-order valence-electron chi connectivity index (χ0n) is 20.0. The van der Waals surface area contributed by atoms with Gasteiger partial charge < -0.3 is 10.2 Å². The molecule has 4 rings (SSSR count). The van der Waals surface area contributed by atoms with Gasteiger partial charge in [0, 0.05) is 39.1 Å². The van der Waals surface area contributed by atoms with E-state index in [2.05, 4.69) is 15.3 Å². The van der Waals surface area contributed by atoms with E-state index in [0.29, 0.717) is 25.3 Å². The molecule has 2 aromatic rings. The summed E-state index contributed by atoms with van der Waals surface area (Å²) in [6.45, 7) is 6.42. The number of hydrogen-bond acceptors (Lipinski definition) is 6. The van der Waals surface area contributed by atoms with Crippen LogP contribution in [0.25, 0.3) is 0 Å². The molecule has 1 saturated heterocycles. The lowest BCUT2D eigenvalue weighted by molar-refractivity contribution is -0.117. The van der Waals surface area contributed by atoms with Crippen molar-refractivity contribution in [2.24, 2.45) is 0 Å². The highest BCUT2D eigenvalue weighted by Crippen LogP contribution is 2.32. The number of rotatable bonds is 8. The largest absolute Gasteiger partial charge is 0.370 e. The molecule has 1 aromatic heterocycles. The first-order chi connectivity index (χ1) is 16.3. The molecule has 1 fully saturated rings. The van der Waals surface area contributed by atoms with Crippen molar-refractivity contribution in [1.29, 1.82) is 0 Å². The zero-order valence-corrected chi connectivity index (χ0v) is 20.8. The van der Waals surface area contributed by atoms with Gasteiger partial charge >= 0.3 is 5.69 Å². The second-order valence-corrected chi connectivity index (χ2v) is 10.8. The summed E-state index contributed by atoms with van der Waals surface area (Å²) < 4.78 is 30.4. The third-order valence-corrected chi connectivity index (χ3v) is 8.65. The van der Waals surface area contributed by atoms with E-state index in [1.165, 1.54) is 15.1 Å². The van der Waals surface area contributed by atoms with Gasteiger partial charge in [-0.15, -0.1) is 0 Å². The number of carbonyl (C=O) groups excluding carboxylic acids is 1. The minimum absolute atomic E-state index is 0.139. The van der Waals surface area contributed by atoms with Crippen molar-refractivity contribution in [1.82, 2.24) is 18.7 Å². The van der Waals surface area contributed by atoms with Crippen LogP contribution in [-0.4, -0.2) is 59.2 Å². The first-order valence-corrected chi connectivity index (χ1v) is 13.6. The van der Waals surface area contributed by atoms with Crippen LogP contribution in [0, 0.1) is 0 Å². The van der Waals surface area contributed by atoms with Gasteiger partial charge in [-0.05, 0) is 43.9 Å². The molecule has 2 aliphatic rings. The normalized spacial score (nSPS) is 16.5. The summed E-state index contributed by atoms with van der Waals surface area (Å²) >= 11 is 0. The molecule has 10 nitrogen and oxygen atoms in total. The second kappa shape index (κ2) is 10.3. The summed E-state index contributed by atoms with van der Waals surface area (Å²) in [5.74, 6) is 0.313. The summed E-state index contributed by atoms with van der Waals surface area (Å²) in [4.78, 5) is 28.0. The molecule has 0 spiro atoms. The maximum Gasteiger partial charge on any atom is 0.346 e. The summed E-state index contributed by atoms with van der Waals surface area (Å²) in [6.07, 6.45) is 5.79. The Morgan fingerprint density at radius 3 is 2.47 bits per heavy atom. The van der Waals surface area contributed by atoms with Crippen LogP contribution in [0.3, 0.4) is 0 Å². The molecule has 2 aliphatic heterocycles. The molecule has 0 bridgehead atoms. The van der Waals surface area contributed by atoms with Crippen LogP contribution in [0.4, 0.5) is 11.4 Å². The van der Waals surface area contributed by atoms with Gasteiger partial charge in [0.15, 0.2) is 0 Å². The number of aromatic nitrogens is 3. The zero-order chi connectivity index (χ0) is 24.3. The Balaban J connectivity index is 1.61. The average molecular weight is 491 g/mol. The second-order valence-electron chi connectivity index (χ2n) is 8.83. The van der Waals surface area contributed by atoms with Gasteiger partial charge in [0.05, 0.1) is 16.3 Å². The van der Waals surface area contributed by atoms with E-state index < -0.39 is 15.9 Å². The van der Waals surface area contributed by atoms with Crippen LogP contribution in [0.1, 0.15) is 51.8 Å². The Bertz CT molecular complexity index is 1190. The van der Waals surface area contributed by atoms with Crippen LogP contribution < -0.4 is 15.9 Å². The minimum atomic E-state index is -3.68. The van der Waals surface area contributed by atoms with Crippen LogP contribution in [0.15, 0.2) is 27.9 Å². The van der Waals surface area contributed by atoms with Gasteiger partial charge in [0.2, 0.25) is 15.9 Å². The van der Waals surface area contributed by atoms with Crippen LogP contribution in [0.2, 0.25) is 0 Å². The number of sulfonamides is 1. The smallest absolute Gasteiger partial charge is 0.346 e. The Kier molecular flexibility index (Phi) is 7.42. The van der Waals surface area contributed by atoms with Crippen molar-refractivity contribution in [3.05, 3.63) is 34.5 Å². The lowest BCUT2D eigenvalue weighted by Crippen LogP contribution is -2.32. The number of aryl methyl sites for hydroxylation is 1. The van der Waals surface area contributed by atoms with Crippen LogP contribution in [0.5, 0.6) is 0 Å². The van der Waals surface area contributed by atoms with Gasteiger partial charge in [-0.3, -0.25) is 9.36 Å². The van der Waals surface area contributed by atoms with Crippen molar-refractivity contribution in [3.8, 4) is 0 Å². The molecular weight excluding hydrogens is 456 g/mol. The van der Waals surface area contributed by atoms with Gasteiger partial charge in [0.1, 0.15) is 12.4 Å². The number of amides is 1. The highest BCUT2D eigenvalue weighted by molar-refractivity contribution is 7.89. The lowest BCUT2D eigenvalue weighted by Gasteiger charge is -2.24. The highest BCUT2D eigenvalue weighted by Gasteiger charge is 2.25. The first kappa shape index (κ1) is 24.5. The fraction of sp³-hybridized carbons (Fsp3) is 0.609. The summed E-state index contributed by atoms with van der Waals surface area (Å²) in [6, 6.07) is 4.90. The van der Waals surface area contributed by atoms with Gasteiger partial charge in [0.25, 0.3) is 0 Å². The first-order valence-electron chi connectivity index (χ1n) is 12.2. The fourth-order valence-corrected chi connectivity index (χ4v) is 6.26. The average Bonchev–Trinajstić information content (AvgIpc) is 3.37. The molecule has 1 aromatic carbocycles. The summed E-state index contributed by atoms with van der Waals surface area (Å²) in [5.41, 5.74) is 0.955. The SMILES string of the molecule is CCN(CC)S(=O)(=O)c1ccc(N2CCCC2)c(NC(=O)Cn2nc3n(c2=O)CCCCC3)c1. The quantitative estimate of drug-likeness (QED) is 0.607. The van der Waals surface area contributed by atoms with Gasteiger partial charge in [-0.25, -0.2) is 17.9 Å². The molecule has 0 atom stereocenters. The molecule has 11 heteroatoms. The van der Waals surface area contributed by atoms with E-state index in [4.69, 9.17) is 0 Å². The number of carbonyl (C=O) groups is 1. The maximum absolute atomic E-state index is 13.1. The van der Waals surface area contributed by atoms with Crippen molar-refractivity contribution in [2.45, 2.75) is 70.4 Å². The molecule has 1 N–H and O–H groups in total. The maximum atomic E-state index is 13.1. The molecule has 3 heterocycles. The molecule has 186 valence electrons. The fourth-order valence-electron chi connectivity index (χ4n) is 4.78. The van der Waals surface area contributed by atoms with E-state index in [-0.39, 0.29) is 17.1 Å². The molecular formula is C23H34N6O4S. The molecule has 34 heavy (non-hydrogen) atoms. The number of hydrogen-bond donors (Lipinski definition) is 1. The van der Waals surface area contributed by atoms with Gasteiger partial charge in [-0.2, -0.15) is 9.40 Å². The number of fused-ring (bicyclic) bond motifs is 1. The number of benzene rings is 1. The van der Waals surface area contributed by atoms with E-state index in [9.17, 15) is 18.0 Å². The summed E-state index contributed by atoms with van der Waals surface area (Å²) in [5, 5.41) is 7.26. The standard InChI is InChI=1S/C23H34N6O4S/c1-3-27(4-2)34(32,33)18-11-12-20(26-13-8-9-14-26)19(16-18)24-22(30)17-29-23(31)28-15-7-5-6-10-21(28)25-29/h11-12,16H,3-10,13-15,17H2,1-2H3,(H,24,30). The Hall–Kier alpha value is -2.66. The van der Waals surface area contributed by atoms with E-state index in [1.807, 2.05) is 0 Å². The number of nitrogens with zero attached hydrogens (tertiary/aromatic N) is 5. The topological polar surface area (TPSA) is 110 Å². The third-order valence-electron chi connectivity index (χ3n) is 6.61. The Morgan fingerprint density at radius 1 is 1.06 bits per heavy atom. The molecule has 1 amide bonds. The van der Waals surface area contributed by atoms with Crippen LogP contribution in [-0.2, 0) is 34.3 Å². The predicted octanol–water partition coefficient (Wildman–Crippen LogP) is 2.04. The highest BCUT2D eigenvalue weighted by atomic mass is 32.2. The Labute approximate surface area is 200 Å². The van der Waals surface area contributed by atoms with E-state index >= 15 is 0 Å². The van der Waals surface area contributed by atoms with Crippen molar-refractivity contribution in [3.63, 3.8) is 0 Å². The molecule has 0 radical (unpaired) electrons. The predicted molar refractivity (Wildman–Crippen MR) is 131 cm³/mol. The molecule has 0 saturated carbocycles. The van der Waals surface area contributed by atoms with Crippen LogP contribution >= 0.6 is 0 Å². The monoisotopic (exact) mass is 490 g/mol. The lowest BCUT2D eigenvalue weighted by atomic mass is 10.2. The molecule has 0 aliphatic carbocycles. The number of nitrogens with one attached hydrogen (secondary N) is 1. The van der Waals surface area contributed by atoms with Crippen molar-refractivity contribution in [2.75, 3.05) is 36.4 Å². The van der Waals surface area contributed by atoms with Crippen molar-refractivity contribution >= 4 is 27.3 Å². The minimum Gasteiger partial charge on any atom is -0.370 e. The van der Waals surface area contributed by atoms with Gasteiger partial charge in [-0.1, -0.05) is 20.3 Å². The van der Waals surface area contributed by atoms with Crippen molar-refractivity contribution < 1.29 is 13.2 Å². The van der Waals surface area contributed by atoms with E-state index in [1.54, 1.807) is 30.5 Å².